The SMILES string of the molecule is CN(CCOc1ccc(F)cc1)C(=O)CCSc1ccc(F)cc1. The van der Waals surface area contributed by atoms with Crippen molar-refractivity contribution in [1.82, 2.24) is 4.90 Å². The summed E-state index contributed by atoms with van der Waals surface area (Å²) in [6.07, 6.45) is 0.398. The number of carbonyl (C=O) groups is 1. The van der Waals surface area contributed by atoms with E-state index in [1.54, 1.807) is 36.2 Å². The number of nitrogens with zero attached hydrogens (tertiary/aromatic N) is 1. The lowest BCUT2D eigenvalue weighted by Crippen LogP contribution is -2.31. The molecule has 0 atom stereocenters. The predicted molar refractivity (Wildman–Crippen MR) is 91.3 cm³/mol. The number of halogens is 2. The Hall–Kier alpha value is -2.08. The quantitative estimate of drug-likeness (QED) is 0.674. The minimum Gasteiger partial charge on any atom is -0.492 e. The first-order valence-corrected chi connectivity index (χ1v) is 8.54. The lowest BCUT2D eigenvalue weighted by Gasteiger charge is -2.17. The van der Waals surface area contributed by atoms with Crippen molar-refractivity contribution in [3.63, 3.8) is 0 Å². The average molecular weight is 351 g/mol. The smallest absolute Gasteiger partial charge is 0.223 e. The summed E-state index contributed by atoms with van der Waals surface area (Å²) in [6, 6.07) is 12.0. The van der Waals surface area contributed by atoms with Crippen LogP contribution in [0.4, 0.5) is 8.78 Å². The zero-order valence-corrected chi connectivity index (χ0v) is 14.2. The Morgan fingerprint density at radius 3 is 2.25 bits per heavy atom. The summed E-state index contributed by atoms with van der Waals surface area (Å²) in [4.78, 5) is 14.6. The number of amides is 1. The number of thioether (sulfide) groups is 1. The molecule has 0 radical (unpaired) electrons. The van der Waals surface area contributed by atoms with E-state index in [0.29, 0.717) is 31.1 Å². The van der Waals surface area contributed by atoms with E-state index in [9.17, 15) is 13.6 Å². The Bertz CT molecular complexity index is 647. The fraction of sp³-hybridized carbons (Fsp3) is 0.278. The molecule has 2 rings (SSSR count). The molecule has 1 amide bonds. The molecule has 2 aromatic rings. The van der Waals surface area contributed by atoms with Gasteiger partial charge in [0.2, 0.25) is 5.91 Å². The normalized spacial score (nSPS) is 10.5. The molecule has 24 heavy (non-hydrogen) atoms. The van der Waals surface area contributed by atoms with Crippen molar-refractivity contribution < 1.29 is 18.3 Å². The van der Waals surface area contributed by atoms with E-state index >= 15 is 0 Å². The van der Waals surface area contributed by atoms with Gasteiger partial charge in [0.05, 0.1) is 6.54 Å². The molecule has 0 unspecified atom stereocenters. The van der Waals surface area contributed by atoms with Crippen LogP contribution in [-0.4, -0.2) is 36.8 Å². The largest absolute Gasteiger partial charge is 0.492 e. The summed E-state index contributed by atoms with van der Waals surface area (Å²) >= 11 is 1.52. The third-order valence-electron chi connectivity index (χ3n) is 3.33. The lowest BCUT2D eigenvalue weighted by atomic mass is 10.3. The van der Waals surface area contributed by atoms with Gasteiger partial charge in [-0.2, -0.15) is 0 Å². The van der Waals surface area contributed by atoms with Crippen molar-refractivity contribution in [2.75, 3.05) is 26.0 Å². The molecule has 0 aliphatic heterocycles. The summed E-state index contributed by atoms with van der Waals surface area (Å²) in [6.45, 7) is 0.802. The maximum absolute atomic E-state index is 12.8. The molecule has 0 spiro atoms. The fourth-order valence-electron chi connectivity index (χ4n) is 1.93. The van der Waals surface area contributed by atoms with Gasteiger partial charge in [-0.25, -0.2) is 8.78 Å². The van der Waals surface area contributed by atoms with Crippen LogP contribution in [0.5, 0.6) is 5.75 Å². The molecule has 2 aromatic carbocycles. The van der Waals surface area contributed by atoms with Crippen LogP contribution in [-0.2, 0) is 4.79 Å². The zero-order valence-electron chi connectivity index (χ0n) is 13.4. The second kappa shape index (κ2) is 9.27. The molecular weight excluding hydrogens is 332 g/mol. The summed E-state index contributed by atoms with van der Waals surface area (Å²) in [5.41, 5.74) is 0. The Morgan fingerprint density at radius 1 is 1.04 bits per heavy atom. The molecule has 3 nitrogen and oxygen atoms in total. The second-order valence-electron chi connectivity index (χ2n) is 5.17. The van der Waals surface area contributed by atoms with Crippen LogP contribution < -0.4 is 4.74 Å². The van der Waals surface area contributed by atoms with Crippen molar-refractivity contribution in [2.45, 2.75) is 11.3 Å². The van der Waals surface area contributed by atoms with E-state index in [1.165, 1.54) is 36.0 Å². The second-order valence-corrected chi connectivity index (χ2v) is 6.34. The lowest BCUT2D eigenvalue weighted by molar-refractivity contribution is -0.129. The summed E-state index contributed by atoms with van der Waals surface area (Å²) in [5.74, 6) is 0.647. The summed E-state index contributed by atoms with van der Waals surface area (Å²) in [5, 5.41) is 0. The average Bonchev–Trinajstić information content (AvgIpc) is 2.58. The third kappa shape index (κ3) is 6.20. The van der Waals surface area contributed by atoms with Crippen molar-refractivity contribution in [1.29, 1.82) is 0 Å². The van der Waals surface area contributed by atoms with Gasteiger partial charge in [-0.3, -0.25) is 4.79 Å². The van der Waals surface area contributed by atoms with Crippen molar-refractivity contribution in [2.24, 2.45) is 0 Å². The van der Waals surface area contributed by atoms with Gasteiger partial charge in [0.25, 0.3) is 0 Å². The first-order chi connectivity index (χ1) is 11.5. The molecule has 0 aromatic heterocycles. The minimum atomic E-state index is -0.312. The van der Waals surface area contributed by atoms with Gasteiger partial charge in [-0.1, -0.05) is 0 Å². The number of benzene rings is 2. The van der Waals surface area contributed by atoms with Gasteiger partial charge in [0, 0.05) is 24.1 Å². The molecule has 128 valence electrons. The van der Waals surface area contributed by atoms with Crippen LogP contribution >= 0.6 is 11.8 Å². The number of carbonyl (C=O) groups excluding carboxylic acids is 1. The van der Waals surface area contributed by atoms with E-state index in [0.717, 1.165) is 4.90 Å². The monoisotopic (exact) mass is 351 g/mol. The number of rotatable bonds is 8. The first kappa shape index (κ1) is 18.3. The van der Waals surface area contributed by atoms with Crippen molar-refractivity contribution in [3.05, 3.63) is 60.2 Å². The maximum Gasteiger partial charge on any atom is 0.223 e. The van der Waals surface area contributed by atoms with Gasteiger partial charge in [-0.05, 0) is 48.5 Å². The number of hydrogen-bond acceptors (Lipinski definition) is 3. The van der Waals surface area contributed by atoms with Crippen LogP contribution in [0.25, 0.3) is 0 Å². The van der Waals surface area contributed by atoms with Gasteiger partial charge in [-0.15, -0.1) is 11.8 Å². The van der Waals surface area contributed by atoms with Gasteiger partial charge in [0.15, 0.2) is 0 Å². The molecule has 6 heteroatoms. The molecule has 0 saturated heterocycles. The number of hydrogen-bond donors (Lipinski definition) is 0. The van der Waals surface area contributed by atoms with Gasteiger partial charge >= 0.3 is 0 Å². The number of likely N-dealkylation sites (N-methyl/N-ethyl adjacent to an activating group) is 1. The van der Waals surface area contributed by atoms with Gasteiger partial charge < -0.3 is 9.64 Å². The highest BCUT2D eigenvalue weighted by atomic mass is 32.2. The van der Waals surface area contributed by atoms with Crippen LogP contribution in [0, 0.1) is 11.6 Å². The summed E-state index contributed by atoms with van der Waals surface area (Å²) in [7, 11) is 1.72. The van der Waals surface area contributed by atoms with Crippen LogP contribution in [0.15, 0.2) is 53.4 Å². The molecular formula is C18H19F2NO2S. The minimum absolute atomic E-state index is 0.0207. The van der Waals surface area contributed by atoms with Crippen LogP contribution in [0.1, 0.15) is 6.42 Å². The molecule has 0 saturated carbocycles. The Balaban J connectivity index is 1.64. The molecule has 0 heterocycles. The van der Waals surface area contributed by atoms with Crippen LogP contribution in [0.3, 0.4) is 0 Å². The van der Waals surface area contributed by atoms with Crippen LogP contribution in [0.2, 0.25) is 0 Å². The molecule has 0 bridgehead atoms. The first-order valence-electron chi connectivity index (χ1n) is 7.55. The molecule has 0 aliphatic carbocycles. The molecule has 0 fully saturated rings. The Kier molecular flexibility index (Phi) is 7.06. The topological polar surface area (TPSA) is 29.5 Å². The van der Waals surface area contributed by atoms with Gasteiger partial charge in [0.1, 0.15) is 24.0 Å². The standard InChI is InChI=1S/C18H19F2NO2S/c1-21(11-12-23-16-6-2-14(19)3-7-16)18(22)10-13-24-17-8-4-15(20)5-9-17/h2-9H,10-13H2,1H3. The molecule has 0 N–H and O–H groups in total. The highest BCUT2D eigenvalue weighted by Gasteiger charge is 2.09. The Morgan fingerprint density at radius 2 is 1.62 bits per heavy atom. The highest BCUT2D eigenvalue weighted by molar-refractivity contribution is 7.99. The van der Waals surface area contributed by atoms with Crippen molar-refractivity contribution in [3.8, 4) is 5.75 Å². The van der Waals surface area contributed by atoms with E-state index in [1.807, 2.05) is 0 Å². The molecule has 0 aliphatic rings. The van der Waals surface area contributed by atoms with E-state index in [2.05, 4.69) is 0 Å². The number of ether oxygens (including phenoxy) is 1. The van der Waals surface area contributed by atoms with E-state index in [4.69, 9.17) is 4.74 Å². The summed E-state index contributed by atoms with van der Waals surface area (Å²) < 4.78 is 31.0. The predicted octanol–water partition coefficient (Wildman–Crippen LogP) is 3.98. The zero-order chi connectivity index (χ0) is 17.4. The van der Waals surface area contributed by atoms with E-state index in [-0.39, 0.29) is 17.5 Å². The maximum atomic E-state index is 12.8. The highest BCUT2D eigenvalue weighted by Crippen LogP contribution is 2.19. The fourth-order valence-corrected chi connectivity index (χ4v) is 2.77. The van der Waals surface area contributed by atoms with Crippen molar-refractivity contribution >= 4 is 17.7 Å². The Labute approximate surface area is 144 Å². The van der Waals surface area contributed by atoms with E-state index < -0.39 is 0 Å². The third-order valence-corrected chi connectivity index (χ3v) is 4.35.